The average molecular weight is 445 g/mol. The number of benzene rings is 1. The summed E-state index contributed by atoms with van der Waals surface area (Å²) >= 11 is 6.58. The van der Waals surface area contributed by atoms with Crippen LogP contribution < -0.4 is 0 Å². The Bertz CT molecular complexity index is 766. The summed E-state index contributed by atoms with van der Waals surface area (Å²) in [6, 6.07) is 5.27. The highest BCUT2D eigenvalue weighted by molar-refractivity contribution is 9.12. The van der Waals surface area contributed by atoms with Gasteiger partial charge in [0.05, 0.1) is 5.57 Å². The molecule has 0 saturated heterocycles. The van der Waals surface area contributed by atoms with Gasteiger partial charge in [-0.2, -0.15) is 0 Å². The highest BCUT2D eigenvalue weighted by Gasteiger charge is 2.23. The van der Waals surface area contributed by atoms with Gasteiger partial charge in [0.1, 0.15) is 15.8 Å². The van der Waals surface area contributed by atoms with E-state index >= 15 is 0 Å². The number of ketones is 1. The lowest BCUT2D eigenvalue weighted by atomic mass is 10.1. The summed E-state index contributed by atoms with van der Waals surface area (Å²) in [5.41, 5.74) is 1.23. The molecule has 1 aliphatic carbocycles. The standard InChI is InChI=1S/C14H7Br2NO2S2/c15-7-1-3-9(11(18)5-7)13-17-14(21-20-13)10-4-2-8(16)6-12(10)19/h1-6,18H/b14-10+. The number of phenolic OH excluding ortho intramolecular Hbond substituents is 1. The summed E-state index contributed by atoms with van der Waals surface area (Å²) < 4.78 is 1.56. The van der Waals surface area contributed by atoms with E-state index in [9.17, 15) is 9.90 Å². The number of aromatic hydroxyl groups is 1. The average Bonchev–Trinajstić information content (AvgIpc) is 2.87. The van der Waals surface area contributed by atoms with Gasteiger partial charge >= 0.3 is 0 Å². The van der Waals surface area contributed by atoms with Crippen molar-refractivity contribution in [2.75, 3.05) is 0 Å². The molecule has 2 aliphatic rings. The summed E-state index contributed by atoms with van der Waals surface area (Å²) in [4.78, 5) is 16.5. The minimum atomic E-state index is -0.0718. The number of carbonyl (C=O) groups excluding carboxylic acids is 1. The second-order valence-corrected chi connectivity index (χ2v) is 8.13. The molecule has 1 aliphatic heterocycles. The van der Waals surface area contributed by atoms with Crippen molar-refractivity contribution in [2.45, 2.75) is 0 Å². The highest BCUT2D eigenvalue weighted by Crippen LogP contribution is 2.45. The minimum absolute atomic E-state index is 0.0718. The quantitative estimate of drug-likeness (QED) is 0.493. The third-order valence-corrected chi connectivity index (χ3v) is 5.97. The summed E-state index contributed by atoms with van der Waals surface area (Å²) in [6.45, 7) is 0. The van der Waals surface area contributed by atoms with Gasteiger partial charge in [-0.25, -0.2) is 4.99 Å². The Labute approximate surface area is 146 Å². The molecule has 21 heavy (non-hydrogen) atoms. The largest absolute Gasteiger partial charge is 0.507 e. The molecule has 0 spiro atoms. The van der Waals surface area contributed by atoms with Gasteiger partial charge in [0.2, 0.25) is 0 Å². The first-order chi connectivity index (χ1) is 10.0. The van der Waals surface area contributed by atoms with Crippen molar-refractivity contribution in [1.82, 2.24) is 0 Å². The Balaban J connectivity index is 1.98. The number of hydrogen-bond acceptors (Lipinski definition) is 5. The third kappa shape index (κ3) is 3.21. The smallest absolute Gasteiger partial charge is 0.189 e. The van der Waals surface area contributed by atoms with Crippen LogP contribution >= 0.6 is 53.4 Å². The van der Waals surface area contributed by atoms with Crippen LogP contribution in [0.1, 0.15) is 5.56 Å². The van der Waals surface area contributed by atoms with Crippen molar-refractivity contribution in [2.24, 2.45) is 4.99 Å². The number of rotatable bonds is 1. The van der Waals surface area contributed by atoms with Crippen LogP contribution in [0.4, 0.5) is 0 Å². The second kappa shape index (κ2) is 6.16. The molecular weight excluding hydrogens is 438 g/mol. The number of carbonyl (C=O) groups is 1. The molecular formula is C14H7Br2NO2S2. The number of halogens is 2. The minimum Gasteiger partial charge on any atom is -0.507 e. The first-order valence-corrected chi connectivity index (χ1v) is 9.54. The predicted octanol–water partition coefficient (Wildman–Crippen LogP) is 4.93. The molecule has 0 aromatic heterocycles. The van der Waals surface area contributed by atoms with E-state index in [1.165, 1.54) is 27.7 Å². The van der Waals surface area contributed by atoms with Crippen molar-refractivity contribution in [3.63, 3.8) is 0 Å². The van der Waals surface area contributed by atoms with Crippen LogP contribution in [0, 0.1) is 0 Å². The number of aliphatic imine (C=N–C) groups is 1. The van der Waals surface area contributed by atoms with E-state index in [0.717, 1.165) is 8.96 Å². The topological polar surface area (TPSA) is 49.7 Å². The van der Waals surface area contributed by atoms with E-state index in [-0.39, 0.29) is 11.5 Å². The number of hydrogen-bond donors (Lipinski definition) is 1. The van der Waals surface area contributed by atoms with E-state index in [0.29, 0.717) is 21.2 Å². The zero-order chi connectivity index (χ0) is 15.0. The third-order valence-electron chi connectivity index (χ3n) is 2.77. The Morgan fingerprint density at radius 3 is 2.67 bits per heavy atom. The van der Waals surface area contributed by atoms with E-state index < -0.39 is 0 Å². The summed E-state index contributed by atoms with van der Waals surface area (Å²) in [5, 5.41) is 11.3. The Kier molecular flexibility index (Phi) is 4.44. The molecule has 7 heteroatoms. The first kappa shape index (κ1) is 15.1. The molecule has 1 heterocycles. The van der Waals surface area contributed by atoms with Crippen molar-refractivity contribution in [1.29, 1.82) is 0 Å². The maximum Gasteiger partial charge on any atom is 0.189 e. The van der Waals surface area contributed by atoms with Crippen LogP contribution in [-0.4, -0.2) is 15.9 Å². The zero-order valence-electron chi connectivity index (χ0n) is 10.3. The lowest BCUT2D eigenvalue weighted by Crippen LogP contribution is -2.01. The van der Waals surface area contributed by atoms with E-state index in [1.807, 2.05) is 12.1 Å². The molecule has 106 valence electrons. The Morgan fingerprint density at radius 2 is 1.95 bits per heavy atom. The van der Waals surface area contributed by atoms with Gasteiger partial charge in [0.15, 0.2) is 5.78 Å². The molecule has 1 aromatic rings. The van der Waals surface area contributed by atoms with Gasteiger partial charge in [-0.1, -0.05) is 31.9 Å². The SMILES string of the molecule is O=C1C=C(Br)C=C/C1=C1/N=C(c2ccc(Br)cc2O)SS1. The van der Waals surface area contributed by atoms with Crippen LogP contribution in [0.2, 0.25) is 0 Å². The van der Waals surface area contributed by atoms with Crippen molar-refractivity contribution >= 4 is 64.3 Å². The fourth-order valence-electron chi connectivity index (χ4n) is 1.78. The number of allylic oxidation sites excluding steroid dienone is 5. The van der Waals surface area contributed by atoms with Gasteiger partial charge in [-0.15, -0.1) is 0 Å². The molecule has 0 bridgehead atoms. The Morgan fingerprint density at radius 1 is 1.14 bits per heavy atom. The van der Waals surface area contributed by atoms with Crippen molar-refractivity contribution in [3.05, 3.63) is 61.5 Å². The van der Waals surface area contributed by atoms with Gasteiger partial charge in [0, 0.05) is 20.6 Å². The van der Waals surface area contributed by atoms with Crippen molar-refractivity contribution < 1.29 is 9.90 Å². The van der Waals surface area contributed by atoms with E-state index in [4.69, 9.17) is 0 Å². The lowest BCUT2D eigenvalue weighted by molar-refractivity contribution is -0.111. The first-order valence-electron chi connectivity index (χ1n) is 5.80. The molecule has 0 amide bonds. The fourth-order valence-corrected chi connectivity index (χ4v) is 4.70. The van der Waals surface area contributed by atoms with Crippen LogP contribution in [0.5, 0.6) is 5.75 Å². The molecule has 0 unspecified atom stereocenters. The molecule has 1 N–H and O–H groups in total. The molecule has 0 atom stereocenters. The predicted molar refractivity (Wildman–Crippen MR) is 95.7 cm³/mol. The van der Waals surface area contributed by atoms with Crippen LogP contribution in [-0.2, 0) is 4.79 Å². The highest BCUT2D eigenvalue weighted by atomic mass is 79.9. The maximum absolute atomic E-state index is 12.0. The van der Waals surface area contributed by atoms with Gasteiger partial charge in [-0.05, 0) is 51.9 Å². The van der Waals surface area contributed by atoms with Gasteiger partial charge in [0.25, 0.3) is 0 Å². The van der Waals surface area contributed by atoms with E-state index in [2.05, 4.69) is 36.9 Å². The van der Waals surface area contributed by atoms with Crippen LogP contribution in [0.15, 0.2) is 61.0 Å². The normalized spacial score (nSPS) is 21.5. The van der Waals surface area contributed by atoms with Crippen LogP contribution in [0.25, 0.3) is 0 Å². The fraction of sp³-hybridized carbons (Fsp3) is 0. The maximum atomic E-state index is 12.0. The monoisotopic (exact) mass is 443 g/mol. The Hall–Kier alpha value is -0.760. The summed E-state index contributed by atoms with van der Waals surface area (Å²) in [7, 11) is 2.86. The molecule has 1 aromatic carbocycles. The number of nitrogens with zero attached hydrogens (tertiary/aromatic N) is 1. The molecule has 0 radical (unpaired) electrons. The zero-order valence-corrected chi connectivity index (χ0v) is 15.1. The van der Waals surface area contributed by atoms with Crippen molar-refractivity contribution in [3.8, 4) is 5.75 Å². The molecule has 0 saturated carbocycles. The molecule has 0 fully saturated rings. The van der Waals surface area contributed by atoms with Gasteiger partial charge in [-0.3, -0.25) is 4.79 Å². The number of phenols is 1. The molecule has 3 rings (SSSR count). The van der Waals surface area contributed by atoms with E-state index in [1.54, 1.807) is 18.2 Å². The van der Waals surface area contributed by atoms with Gasteiger partial charge < -0.3 is 5.11 Å². The molecule has 3 nitrogen and oxygen atoms in total. The van der Waals surface area contributed by atoms with Crippen LogP contribution in [0.3, 0.4) is 0 Å². The summed E-state index contributed by atoms with van der Waals surface area (Å²) in [5.74, 6) is 0.0909. The second-order valence-electron chi connectivity index (χ2n) is 4.19. The lowest BCUT2D eigenvalue weighted by Gasteiger charge is -2.04. The summed E-state index contributed by atoms with van der Waals surface area (Å²) in [6.07, 6.45) is 5.10.